The summed E-state index contributed by atoms with van der Waals surface area (Å²) in [7, 11) is 0. The summed E-state index contributed by atoms with van der Waals surface area (Å²) in [6, 6.07) is 16.4. The first-order chi connectivity index (χ1) is 11.2. The normalized spacial score (nSPS) is 25.7. The number of halogens is 1. The van der Waals surface area contributed by atoms with E-state index in [2.05, 4.69) is 68.1 Å². The molecule has 2 aromatic carbocycles. The number of likely N-dealkylation sites (N-methyl/N-ethyl adjacent to an activating group) is 1. The zero-order chi connectivity index (χ0) is 16.0. The molecule has 3 unspecified atom stereocenters. The lowest BCUT2D eigenvalue weighted by Crippen LogP contribution is -2.38. The third-order valence-electron chi connectivity index (χ3n) is 6.04. The summed E-state index contributed by atoms with van der Waals surface area (Å²) in [6.07, 6.45) is 1.32. The van der Waals surface area contributed by atoms with Gasteiger partial charge in [0.25, 0.3) is 0 Å². The molecule has 0 saturated carbocycles. The lowest BCUT2D eigenvalue weighted by Gasteiger charge is -2.37. The largest absolute Gasteiger partial charge is 0.303 e. The molecule has 1 heterocycles. The van der Waals surface area contributed by atoms with E-state index < -0.39 is 0 Å². The predicted molar refractivity (Wildman–Crippen MR) is 104 cm³/mol. The highest BCUT2D eigenvalue weighted by molar-refractivity contribution is 5.85. The molecule has 0 amide bonds. The van der Waals surface area contributed by atoms with Crippen LogP contribution in [0.25, 0.3) is 0 Å². The second kappa shape index (κ2) is 6.90. The highest BCUT2D eigenvalue weighted by Crippen LogP contribution is 2.53. The summed E-state index contributed by atoms with van der Waals surface area (Å²) in [5.74, 6) is 2.08. The number of hydrogen-bond acceptors (Lipinski definition) is 1. The van der Waals surface area contributed by atoms with E-state index in [4.69, 9.17) is 0 Å². The Labute approximate surface area is 152 Å². The van der Waals surface area contributed by atoms with Crippen LogP contribution in [0.15, 0.2) is 42.5 Å². The Kier molecular flexibility index (Phi) is 5.03. The fourth-order valence-corrected chi connectivity index (χ4v) is 4.79. The fraction of sp³-hybridized carbons (Fsp3) is 0.455. The van der Waals surface area contributed by atoms with Gasteiger partial charge in [-0.3, -0.25) is 0 Å². The van der Waals surface area contributed by atoms with E-state index in [0.717, 1.165) is 5.92 Å². The molecule has 0 radical (unpaired) electrons. The molecule has 1 saturated heterocycles. The number of nitrogens with zero attached hydrogens (tertiary/aromatic N) is 1. The van der Waals surface area contributed by atoms with Gasteiger partial charge in [-0.15, -0.1) is 12.4 Å². The minimum Gasteiger partial charge on any atom is -0.303 e. The molecule has 2 aliphatic rings. The molecule has 1 aliphatic heterocycles. The van der Waals surface area contributed by atoms with Gasteiger partial charge in [-0.25, -0.2) is 0 Å². The summed E-state index contributed by atoms with van der Waals surface area (Å²) in [5.41, 5.74) is 7.48. The van der Waals surface area contributed by atoms with Crippen molar-refractivity contribution in [2.75, 3.05) is 19.6 Å². The van der Waals surface area contributed by atoms with Crippen LogP contribution in [0.1, 0.15) is 53.0 Å². The molecular weight excluding hydrogens is 314 g/mol. The average molecular weight is 342 g/mol. The Balaban J connectivity index is 0.00000169. The number of piperidine rings is 1. The maximum atomic E-state index is 2.63. The van der Waals surface area contributed by atoms with E-state index in [1.165, 1.54) is 42.7 Å². The molecule has 0 aromatic heterocycles. The van der Waals surface area contributed by atoms with Crippen molar-refractivity contribution in [2.45, 2.75) is 39.0 Å². The van der Waals surface area contributed by atoms with E-state index in [9.17, 15) is 0 Å². The van der Waals surface area contributed by atoms with E-state index in [1.807, 2.05) is 0 Å². The van der Waals surface area contributed by atoms with Crippen molar-refractivity contribution in [3.63, 3.8) is 0 Å². The van der Waals surface area contributed by atoms with Gasteiger partial charge in [-0.1, -0.05) is 60.5 Å². The second-order valence-corrected chi connectivity index (χ2v) is 7.47. The van der Waals surface area contributed by atoms with Gasteiger partial charge in [0.15, 0.2) is 0 Å². The molecule has 1 fully saturated rings. The van der Waals surface area contributed by atoms with Crippen molar-refractivity contribution in [1.82, 2.24) is 4.90 Å². The number of rotatable bonds is 2. The molecule has 0 bridgehead atoms. The minimum absolute atomic E-state index is 0. The first-order valence-electron chi connectivity index (χ1n) is 9.06. The zero-order valence-corrected chi connectivity index (χ0v) is 15.8. The molecule has 0 N–H and O–H groups in total. The predicted octanol–water partition coefficient (Wildman–Crippen LogP) is 5.30. The van der Waals surface area contributed by atoms with Crippen molar-refractivity contribution < 1.29 is 0 Å². The van der Waals surface area contributed by atoms with Crippen molar-refractivity contribution in [2.24, 2.45) is 5.92 Å². The van der Waals surface area contributed by atoms with Gasteiger partial charge < -0.3 is 4.90 Å². The first-order valence-corrected chi connectivity index (χ1v) is 9.06. The number of hydrogen-bond donors (Lipinski definition) is 0. The summed E-state index contributed by atoms with van der Waals surface area (Å²) in [5, 5.41) is 0. The molecule has 3 atom stereocenters. The van der Waals surface area contributed by atoms with E-state index >= 15 is 0 Å². The Bertz CT molecular complexity index is 706. The Hall–Kier alpha value is -1.31. The Morgan fingerprint density at radius 1 is 0.958 bits per heavy atom. The lowest BCUT2D eigenvalue weighted by molar-refractivity contribution is 0.167. The summed E-state index contributed by atoms with van der Waals surface area (Å²) >= 11 is 0. The van der Waals surface area contributed by atoms with Gasteiger partial charge in [-0.2, -0.15) is 0 Å². The topological polar surface area (TPSA) is 3.24 Å². The average Bonchev–Trinajstić information content (AvgIpc) is 2.88. The maximum Gasteiger partial charge on any atom is 0.0127 e. The van der Waals surface area contributed by atoms with E-state index in [1.54, 1.807) is 11.1 Å². The van der Waals surface area contributed by atoms with Crippen LogP contribution in [0.5, 0.6) is 0 Å². The highest BCUT2D eigenvalue weighted by Gasteiger charge is 2.43. The van der Waals surface area contributed by atoms with Crippen LogP contribution < -0.4 is 0 Å². The quantitative estimate of drug-likeness (QED) is 0.716. The van der Waals surface area contributed by atoms with Gasteiger partial charge in [0, 0.05) is 18.4 Å². The monoisotopic (exact) mass is 341 g/mol. The van der Waals surface area contributed by atoms with Crippen molar-refractivity contribution in [3.8, 4) is 0 Å². The van der Waals surface area contributed by atoms with Crippen LogP contribution >= 0.6 is 12.4 Å². The molecule has 2 aromatic rings. The molecule has 4 rings (SSSR count). The number of benzene rings is 2. The number of fused-ring (bicyclic) bond motifs is 3. The third kappa shape index (κ3) is 2.89. The highest BCUT2D eigenvalue weighted by atomic mass is 35.5. The Morgan fingerprint density at radius 2 is 1.67 bits per heavy atom. The summed E-state index contributed by atoms with van der Waals surface area (Å²) in [4.78, 5) is 2.63. The fourth-order valence-electron chi connectivity index (χ4n) is 4.79. The van der Waals surface area contributed by atoms with Crippen LogP contribution in [-0.2, 0) is 0 Å². The zero-order valence-electron chi connectivity index (χ0n) is 15.0. The molecule has 0 spiro atoms. The number of likely N-dealkylation sites (tertiary alicyclic amines) is 1. The van der Waals surface area contributed by atoms with Crippen LogP contribution in [0.3, 0.4) is 0 Å². The van der Waals surface area contributed by atoms with Gasteiger partial charge in [-0.05, 0) is 56.0 Å². The minimum atomic E-state index is 0. The van der Waals surface area contributed by atoms with Crippen molar-refractivity contribution in [3.05, 3.63) is 70.3 Å². The van der Waals surface area contributed by atoms with Crippen molar-refractivity contribution >= 4 is 12.4 Å². The molecule has 2 heteroatoms. The van der Waals surface area contributed by atoms with Crippen LogP contribution in [0.4, 0.5) is 0 Å². The van der Waals surface area contributed by atoms with Gasteiger partial charge >= 0.3 is 0 Å². The molecular formula is C22H28ClN. The van der Waals surface area contributed by atoms with Gasteiger partial charge in [0.2, 0.25) is 0 Å². The summed E-state index contributed by atoms with van der Waals surface area (Å²) in [6.45, 7) is 10.4. The standard InChI is InChI=1S/C22H27N.ClH/c1-4-23-12-11-19-21(14-23)18-10-7-16(3)13-20(18)22(19)17-8-5-15(2)6-9-17;/h5-10,13,19,21-22H,4,11-12,14H2,1-3H3;1H. The maximum absolute atomic E-state index is 2.63. The van der Waals surface area contributed by atoms with Gasteiger partial charge in [0.05, 0.1) is 0 Å². The van der Waals surface area contributed by atoms with Crippen molar-refractivity contribution in [1.29, 1.82) is 0 Å². The van der Waals surface area contributed by atoms with E-state index in [-0.39, 0.29) is 12.4 Å². The smallest absolute Gasteiger partial charge is 0.0127 e. The molecule has 1 aliphatic carbocycles. The second-order valence-electron chi connectivity index (χ2n) is 7.47. The Morgan fingerprint density at radius 3 is 2.38 bits per heavy atom. The molecule has 128 valence electrons. The lowest BCUT2D eigenvalue weighted by atomic mass is 9.78. The molecule has 1 nitrogen and oxygen atoms in total. The van der Waals surface area contributed by atoms with Crippen LogP contribution in [0.2, 0.25) is 0 Å². The van der Waals surface area contributed by atoms with Crippen LogP contribution in [0, 0.1) is 19.8 Å². The summed E-state index contributed by atoms with van der Waals surface area (Å²) < 4.78 is 0. The third-order valence-corrected chi connectivity index (χ3v) is 6.04. The first kappa shape index (κ1) is 17.5. The number of aryl methyl sites for hydroxylation is 2. The SMILES string of the molecule is CCN1CCC2C(C1)c1ccc(C)cc1C2c1ccc(C)cc1.Cl. The molecule has 24 heavy (non-hydrogen) atoms. The van der Waals surface area contributed by atoms with Gasteiger partial charge in [0.1, 0.15) is 0 Å². The van der Waals surface area contributed by atoms with E-state index in [0.29, 0.717) is 11.8 Å². The van der Waals surface area contributed by atoms with Crippen LogP contribution in [-0.4, -0.2) is 24.5 Å².